The molecule has 0 fully saturated rings. The minimum absolute atomic E-state index is 0.409. The molecule has 0 aliphatic carbocycles. The molecule has 0 unspecified atom stereocenters. The number of amides is 2. The fourth-order valence-electron chi connectivity index (χ4n) is 3.64. The lowest BCUT2D eigenvalue weighted by atomic mass is 9.93. The number of aliphatic imine (C=N–C) groups is 2. The summed E-state index contributed by atoms with van der Waals surface area (Å²) in [5.74, 6) is 1.22. The first-order chi connectivity index (χ1) is 16.0. The summed E-state index contributed by atoms with van der Waals surface area (Å²) in [5, 5.41) is 6.33. The van der Waals surface area contributed by atoms with Crippen LogP contribution in [-0.2, 0) is 0 Å². The number of nitrogens with one attached hydrogen (secondary N) is 2. The first-order valence-electron chi connectivity index (χ1n) is 10.3. The lowest BCUT2D eigenvalue weighted by Gasteiger charge is -2.21. The van der Waals surface area contributed by atoms with E-state index in [0.717, 1.165) is 17.0 Å². The van der Waals surface area contributed by atoms with Gasteiger partial charge in [-0.05, 0) is 61.0 Å². The van der Waals surface area contributed by atoms with Gasteiger partial charge in [-0.1, -0.05) is 29.8 Å². The topological polar surface area (TPSA) is 84.3 Å². The van der Waals surface area contributed by atoms with E-state index in [1.54, 1.807) is 38.5 Å². The molecule has 3 aromatic carbocycles. The molecular weight excluding hydrogens is 440 g/mol. The molecule has 0 saturated carbocycles. The summed E-state index contributed by atoms with van der Waals surface area (Å²) in [6.45, 7) is 1.91. The highest BCUT2D eigenvalue weighted by molar-refractivity contribution is 6.30. The summed E-state index contributed by atoms with van der Waals surface area (Å²) in [7, 11) is 3.17. The molecule has 0 aromatic heterocycles. The maximum atomic E-state index is 12.9. The number of fused-ring (bicyclic) bond motifs is 1. The van der Waals surface area contributed by atoms with Gasteiger partial charge in [-0.2, -0.15) is 0 Å². The van der Waals surface area contributed by atoms with E-state index in [9.17, 15) is 4.79 Å². The van der Waals surface area contributed by atoms with Crippen LogP contribution in [0.3, 0.4) is 0 Å². The number of methoxy groups -OCH3 is 2. The van der Waals surface area contributed by atoms with Gasteiger partial charge in [-0.25, -0.2) is 9.79 Å². The molecule has 0 radical (unpaired) electrons. The molecule has 2 N–H and O–H groups in total. The summed E-state index contributed by atoms with van der Waals surface area (Å²) < 4.78 is 10.9. The Morgan fingerprint density at radius 1 is 0.879 bits per heavy atom. The molecule has 1 aliphatic rings. The number of nitrogens with zero attached hydrogens (tertiary/aromatic N) is 2. The van der Waals surface area contributed by atoms with Crippen LogP contribution in [0.1, 0.15) is 18.4 Å². The Morgan fingerprint density at radius 3 is 2.21 bits per heavy atom. The van der Waals surface area contributed by atoms with Gasteiger partial charge in [0, 0.05) is 16.4 Å². The average Bonchev–Trinajstić information content (AvgIpc) is 2.95. The van der Waals surface area contributed by atoms with E-state index in [1.165, 1.54) is 0 Å². The fraction of sp³-hybridized carbons (Fsp3) is 0.160. The number of halogens is 1. The Hall–Kier alpha value is -3.84. The van der Waals surface area contributed by atoms with E-state index in [1.807, 2.05) is 49.4 Å². The molecule has 4 rings (SSSR count). The summed E-state index contributed by atoms with van der Waals surface area (Å²) in [6, 6.07) is 19.6. The van der Waals surface area contributed by atoms with Crippen molar-refractivity contribution in [3.05, 3.63) is 77.3 Å². The smallest absolute Gasteiger partial charge is 0.324 e. The van der Waals surface area contributed by atoms with Gasteiger partial charge in [0.05, 0.1) is 31.5 Å². The van der Waals surface area contributed by atoms with Crippen molar-refractivity contribution < 1.29 is 14.3 Å². The average molecular weight is 463 g/mol. The maximum absolute atomic E-state index is 12.9. The molecule has 0 saturated heterocycles. The first-order valence-corrected chi connectivity index (χ1v) is 10.6. The monoisotopic (exact) mass is 462 g/mol. The number of carbonyl (C=O) groups is 1. The number of hydrogen-bond acceptors (Lipinski definition) is 5. The number of rotatable bonds is 4. The van der Waals surface area contributed by atoms with Crippen LogP contribution in [-0.4, -0.2) is 31.8 Å². The summed E-state index contributed by atoms with van der Waals surface area (Å²) in [5.41, 5.74) is 3.64. The van der Waals surface area contributed by atoms with Gasteiger partial charge in [0.2, 0.25) is 0 Å². The molecule has 1 heterocycles. The van der Waals surface area contributed by atoms with Gasteiger partial charge in [0.15, 0.2) is 11.5 Å². The van der Waals surface area contributed by atoms with E-state index >= 15 is 0 Å². The zero-order valence-electron chi connectivity index (χ0n) is 18.4. The summed E-state index contributed by atoms with van der Waals surface area (Å²) >= 11 is 5.94. The highest BCUT2D eigenvalue weighted by Crippen LogP contribution is 2.36. The SMILES string of the molecule is COc1ccc([C@@H]2C(C)=Nc3ccccc3N=C2NC(=O)Nc2ccc(Cl)cc2)cc1OC. The first kappa shape index (κ1) is 22.4. The number of carbonyl (C=O) groups excluding carboxylic acids is 1. The van der Waals surface area contributed by atoms with Gasteiger partial charge in [-0.3, -0.25) is 10.3 Å². The van der Waals surface area contributed by atoms with Crippen LogP contribution in [0, 0.1) is 0 Å². The predicted molar refractivity (Wildman–Crippen MR) is 132 cm³/mol. The maximum Gasteiger partial charge on any atom is 0.324 e. The predicted octanol–water partition coefficient (Wildman–Crippen LogP) is 6.10. The van der Waals surface area contributed by atoms with Gasteiger partial charge >= 0.3 is 6.03 Å². The molecule has 33 heavy (non-hydrogen) atoms. The van der Waals surface area contributed by atoms with E-state index in [2.05, 4.69) is 10.6 Å². The third-order valence-electron chi connectivity index (χ3n) is 5.20. The minimum Gasteiger partial charge on any atom is -0.493 e. The Bertz CT molecular complexity index is 1240. The van der Waals surface area contributed by atoms with Crippen molar-refractivity contribution in [1.82, 2.24) is 5.32 Å². The minimum atomic E-state index is -0.422. The molecule has 2 amide bonds. The van der Waals surface area contributed by atoms with Crippen molar-refractivity contribution in [3.63, 3.8) is 0 Å². The zero-order chi connectivity index (χ0) is 23.4. The lowest BCUT2D eigenvalue weighted by molar-refractivity contribution is 0.256. The number of ether oxygens (including phenoxy) is 2. The standard InChI is InChI=1S/C25H23ClN4O3/c1-15-23(16-8-13-21(32-2)22(14-16)33-3)24(29-20-7-5-4-6-19(20)27-15)30-25(31)28-18-11-9-17(26)10-12-18/h4-14,23H,1-3H3,(H2,28,29,30,31)/t23-/m0/s1. The molecule has 0 spiro atoms. The second-order valence-corrected chi connectivity index (χ2v) is 7.81. The van der Waals surface area contributed by atoms with Gasteiger partial charge < -0.3 is 14.8 Å². The highest BCUT2D eigenvalue weighted by atomic mass is 35.5. The Morgan fingerprint density at radius 2 is 1.55 bits per heavy atom. The van der Waals surface area contributed by atoms with E-state index < -0.39 is 11.9 Å². The number of amidine groups is 1. The van der Waals surface area contributed by atoms with Crippen LogP contribution < -0.4 is 20.1 Å². The Balaban J connectivity index is 1.73. The molecule has 7 nitrogen and oxygen atoms in total. The Labute approximate surface area is 197 Å². The number of benzene rings is 3. The molecule has 1 atom stereocenters. The molecule has 3 aromatic rings. The van der Waals surface area contributed by atoms with Crippen LogP contribution >= 0.6 is 11.6 Å². The van der Waals surface area contributed by atoms with Crippen LogP contribution in [0.5, 0.6) is 11.5 Å². The summed E-state index contributed by atoms with van der Waals surface area (Å²) in [6.07, 6.45) is 0. The molecule has 0 bridgehead atoms. The second-order valence-electron chi connectivity index (χ2n) is 7.37. The van der Waals surface area contributed by atoms with Gasteiger partial charge in [0.1, 0.15) is 5.84 Å². The third kappa shape index (κ3) is 4.99. The largest absolute Gasteiger partial charge is 0.493 e. The van der Waals surface area contributed by atoms with Crippen molar-refractivity contribution in [2.24, 2.45) is 9.98 Å². The van der Waals surface area contributed by atoms with E-state index in [-0.39, 0.29) is 0 Å². The number of hydrogen-bond donors (Lipinski definition) is 2. The summed E-state index contributed by atoms with van der Waals surface area (Å²) in [4.78, 5) is 22.4. The quantitative estimate of drug-likeness (QED) is 0.491. The molecular formula is C25H23ClN4O3. The number of anilines is 1. The van der Waals surface area contributed by atoms with Gasteiger partial charge in [0.25, 0.3) is 0 Å². The normalized spacial score (nSPS) is 14.8. The zero-order valence-corrected chi connectivity index (χ0v) is 19.2. The van der Waals surface area contributed by atoms with Gasteiger partial charge in [-0.15, -0.1) is 0 Å². The van der Waals surface area contributed by atoms with Crippen molar-refractivity contribution in [2.75, 3.05) is 19.5 Å². The number of para-hydroxylation sites is 2. The van der Waals surface area contributed by atoms with Crippen LogP contribution in [0.15, 0.2) is 76.7 Å². The van der Waals surface area contributed by atoms with Crippen molar-refractivity contribution in [3.8, 4) is 11.5 Å². The number of urea groups is 1. The van der Waals surface area contributed by atoms with Crippen molar-refractivity contribution in [2.45, 2.75) is 12.8 Å². The lowest BCUT2D eigenvalue weighted by Crippen LogP contribution is -2.39. The van der Waals surface area contributed by atoms with E-state index in [4.69, 9.17) is 31.1 Å². The second kappa shape index (κ2) is 9.75. The van der Waals surface area contributed by atoms with Crippen LogP contribution in [0.25, 0.3) is 0 Å². The highest BCUT2D eigenvalue weighted by Gasteiger charge is 2.27. The van der Waals surface area contributed by atoms with Crippen LogP contribution in [0.4, 0.5) is 21.9 Å². The van der Waals surface area contributed by atoms with Crippen molar-refractivity contribution in [1.29, 1.82) is 0 Å². The fourth-order valence-corrected chi connectivity index (χ4v) is 3.77. The molecule has 168 valence electrons. The molecule has 8 heteroatoms. The van der Waals surface area contributed by atoms with E-state index in [0.29, 0.717) is 33.7 Å². The third-order valence-corrected chi connectivity index (χ3v) is 5.45. The van der Waals surface area contributed by atoms with Crippen LogP contribution in [0.2, 0.25) is 5.02 Å². The molecule has 1 aliphatic heterocycles. The van der Waals surface area contributed by atoms with Crippen molar-refractivity contribution >= 4 is 46.2 Å². The Kier molecular flexibility index (Phi) is 6.60.